The molecule has 0 radical (unpaired) electrons. The van der Waals surface area contributed by atoms with Crippen molar-refractivity contribution in [3.05, 3.63) is 23.5 Å². The Balaban J connectivity index is 1.70. The third kappa shape index (κ3) is 6.34. The zero-order valence-corrected chi connectivity index (χ0v) is 20.2. The Kier molecular flexibility index (Phi) is 8.20. The largest absolute Gasteiger partial charge is 0.491 e. The predicted molar refractivity (Wildman–Crippen MR) is 124 cm³/mol. The molecule has 6 nitrogen and oxygen atoms in total. The molecule has 174 valence electrons. The maximum absolute atomic E-state index is 12.6. The molecular formula is C25H41N3O3. The van der Waals surface area contributed by atoms with Gasteiger partial charge in [0.1, 0.15) is 18.0 Å². The van der Waals surface area contributed by atoms with Crippen molar-refractivity contribution >= 4 is 6.09 Å². The Hall–Kier alpha value is -1.82. The maximum atomic E-state index is 12.6. The third-order valence-electron chi connectivity index (χ3n) is 6.38. The Morgan fingerprint density at radius 2 is 2.06 bits per heavy atom. The van der Waals surface area contributed by atoms with Crippen molar-refractivity contribution in [1.82, 2.24) is 14.8 Å². The highest BCUT2D eigenvalue weighted by Gasteiger charge is 2.35. The number of nitrogens with zero attached hydrogens (tertiary/aromatic N) is 3. The van der Waals surface area contributed by atoms with E-state index in [0.717, 1.165) is 25.3 Å². The van der Waals surface area contributed by atoms with Crippen LogP contribution in [0.4, 0.5) is 4.79 Å². The molecule has 2 unspecified atom stereocenters. The van der Waals surface area contributed by atoms with E-state index in [-0.39, 0.29) is 12.1 Å². The smallest absolute Gasteiger partial charge is 0.410 e. The van der Waals surface area contributed by atoms with Crippen LogP contribution in [-0.4, -0.2) is 58.8 Å². The molecular weight excluding hydrogens is 390 g/mol. The second-order valence-electron chi connectivity index (χ2n) is 9.99. The molecule has 0 N–H and O–H groups in total. The second kappa shape index (κ2) is 10.7. The summed E-state index contributed by atoms with van der Waals surface area (Å²) in [5, 5.41) is 0. The first-order valence-corrected chi connectivity index (χ1v) is 12.1. The van der Waals surface area contributed by atoms with Crippen molar-refractivity contribution in [3.8, 4) is 5.75 Å². The normalized spacial score (nSPS) is 20.3. The number of unbranched alkanes of at least 4 members (excludes halogenated alkanes) is 3. The minimum absolute atomic E-state index is 0.172. The van der Waals surface area contributed by atoms with Crippen LogP contribution in [0.1, 0.15) is 90.3 Å². The van der Waals surface area contributed by atoms with Crippen molar-refractivity contribution in [2.75, 3.05) is 26.2 Å². The molecule has 1 aromatic heterocycles. The van der Waals surface area contributed by atoms with Gasteiger partial charge in [-0.2, -0.15) is 0 Å². The lowest BCUT2D eigenvalue weighted by Gasteiger charge is -2.40. The number of pyridine rings is 1. The van der Waals surface area contributed by atoms with E-state index >= 15 is 0 Å². The van der Waals surface area contributed by atoms with Crippen LogP contribution in [-0.2, 0) is 11.3 Å². The van der Waals surface area contributed by atoms with Gasteiger partial charge in [0.25, 0.3) is 0 Å². The summed E-state index contributed by atoms with van der Waals surface area (Å²) in [5.74, 6) is 1.45. The van der Waals surface area contributed by atoms with Crippen molar-refractivity contribution < 1.29 is 14.3 Å². The summed E-state index contributed by atoms with van der Waals surface area (Å²) in [6.45, 7) is 13.8. The molecule has 0 aliphatic carbocycles. The molecule has 2 aliphatic heterocycles. The molecule has 31 heavy (non-hydrogen) atoms. The lowest BCUT2D eigenvalue weighted by molar-refractivity contribution is -0.00158. The van der Waals surface area contributed by atoms with Gasteiger partial charge in [-0.1, -0.05) is 39.5 Å². The van der Waals surface area contributed by atoms with E-state index in [1.54, 1.807) is 0 Å². The van der Waals surface area contributed by atoms with Crippen LogP contribution < -0.4 is 4.74 Å². The summed E-state index contributed by atoms with van der Waals surface area (Å²) in [4.78, 5) is 21.7. The second-order valence-corrected chi connectivity index (χ2v) is 9.99. The van der Waals surface area contributed by atoms with Crippen LogP contribution in [0.3, 0.4) is 0 Å². The van der Waals surface area contributed by atoms with Gasteiger partial charge >= 0.3 is 6.09 Å². The summed E-state index contributed by atoms with van der Waals surface area (Å²) in [7, 11) is 0. The average Bonchev–Trinajstić information content (AvgIpc) is 2.91. The fourth-order valence-electron chi connectivity index (χ4n) is 4.63. The van der Waals surface area contributed by atoms with Gasteiger partial charge in [-0.05, 0) is 39.7 Å². The van der Waals surface area contributed by atoms with Crippen molar-refractivity contribution in [2.45, 2.75) is 97.2 Å². The predicted octanol–water partition coefficient (Wildman–Crippen LogP) is 5.36. The molecule has 0 bridgehead atoms. The number of piperazine rings is 1. The lowest BCUT2D eigenvalue weighted by atomic mass is 9.91. The molecule has 2 aliphatic rings. The maximum Gasteiger partial charge on any atom is 0.410 e. The van der Waals surface area contributed by atoms with E-state index in [1.165, 1.54) is 43.4 Å². The van der Waals surface area contributed by atoms with E-state index in [2.05, 4.69) is 18.7 Å². The number of carbonyl (C=O) groups is 1. The van der Waals surface area contributed by atoms with Crippen LogP contribution >= 0.6 is 0 Å². The monoisotopic (exact) mass is 431 g/mol. The number of aromatic nitrogens is 1. The zero-order chi connectivity index (χ0) is 22.4. The summed E-state index contributed by atoms with van der Waals surface area (Å²) < 4.78 is 11.9. The number of hydrogen-bond acceptors (Lipinski definition) is 5. The fraction of sp³-hybridized carbons (Fsp3) is 0.760. The summed E-state index contributed by atoms with van der Waals surface area (Å²) in [6.07, 6.45) is 9.10. The number of rotatable bonds is 7. The van der Waals surface area contributed by atoms with Crippen LogP contribution in [0, 0.1) is 0 Å². The molecule has 1 amide bonds. The summed E-state index contributed by atoms with van der Waals surface area (Å²) >= 11 is 0. The summed E-state index contributed by atoms with van der Waals surface area (Å²) in [5.41, 5.74) is 1.99. The average molecular weight is 432 g/mol. The zero-order valence-electron chi connectivity index (χ0n) is 20.2. The van der Waals surface area contributed by atoms with Crippen molar-refractivity contribution in [2.24, 2.45) is 0 Å². The van der Waals surface area contributed by atoms with E-state index in [0.29, 0.717) is 25.6 Å². The SMILES string of the molecule is CCCCCCC(CC)c1nccc2c1CN1CCN(C(=O)OC(C)(C)C)CC1CO2. The van der Waals surface area contributed by atoms with Gasteiger partial charge in [0.2, 0.25) is 0 Å². The third-order valence-corrected chi connectivity index (χ3v) is 6.38. The number of hydrogen-bond donors (Lipinski definition) is 0. The van der Waals surface area contributed by atoms with Gasteiger partial charge in [0.05, 0.1) is 11.7 Å². The molecule has 1 aromatic rings. The molecule has 2 atom stereocenters. The number of amides is 1. The molecule has 3 heterocycles. The Morgan fingerprint density at radius 3 is 2.77 bits per heavy atom. The summed E-state index contributed by atoms with van der Waals surface area (Å²) in [6, 6.07) is 2.18. The van der Waals surface area contributed by atoms with Gasteiger partial charge < -0.3 is 14.4 Å². The Labute approximate surface area is 188 Å². The highest BCUT2D eigenvalue weighted by atomic mass is 16.6. The molecule has 1 saturated heterocycles. The first-order chi connectivity index (χ1) is 14.8. The minimum Gasteiger partial charge on any atom is -0.491 e. The van der Waals surface area contributed by atoms with Crippen LogP contribution in [0.25, 0.3) is 0 Å². The van der Waals surface area contributed by atoms with Crippen LogP contribution in [0.15, 0.2) is 12.3 Å². The molecule has 1 fully saturated rings. The highest BCUT2D eigenvalue weighted by Crippen LogP contribution is 2.35. The molecule has 6 heteroatoms. The number of fused-ring (bicyclic) bond motifs is 2. The van der Waals surface area contributed by atoms with Gasteiger partial charge in [-0.3, -0.25) is 9.88 Å². The van der Waals surface area contributed by atoms with Gasteiger partial charge in [-0.25, -0.2) is 4.79 Å². The van der Waals surface area contributed by atoms with E-state index in [1.807, 2.05) is 37.9 Å². The molecule has 0 aromatic carbocycles. The van der Waals surface area contributed by atoms with E-state index < -0.39 is 5.60 Å². The topological polar surface area (TPSA) is 54.9 Å². The Bertz CT molecular complexity index is 731. The highest BCUT2D eigenvalue weighted by molar-refractivity contribution is 5.68. The van der Waals surface area contributed by atoms with Crippen LogP contribution in [0.2, 0.25) is 0 Å². The van der Waals surface area contributed by atoms with E-state index in [9.17, 15) is 4.79 Å². The number of ether oxygens (including phenoxy) is 2. The Morgan fingerprint density at radius 1 is 1.26 bits per heavy atom. The first-order valence-electron chi connectivity index (χ1n) is 12.1. The first kappa shape index (κ1) is 23.8. The van der Waals surface area contributed by atoms with Gasteiger partial charge in [-0.15, -0.1) is 0 Å². The van der Waals surface area contributed by atoms with Gasteiger partial charge in [0, 0.05) is 43.9 Å². The molecule has 0 spiro atoms. The fourth-order valence-corrected chi connectivity index (χ4v) is 4.63. The quantitative estimate of drug-likeness (QED) is 0.544. The molecule has 3 rings (SSSR count). The van der Waals surface area contributed by atoms with Crippen LogP contribution in [0.5, 0.6) is 5.75 Å². The number of carbonyl (C=O) groups excluding carboxylic acids is 1. The minimum atomic E-state index is -0.475. The molecule has 0 saturated carbocycles. The van der Waals surface area contributed by atoms with E-state index in [4.69, 9.17) is 14.5 Å². The lowest BCUT2D eigenvalue weighted by Crippen LogP contribution is -2.56. The standard InChI is InChI=1S/C25H41N3O3/c1-6-8-9-10-11-19(7-2)23-21-17-27-14-15-28(24(29)31-25(3,4)5)16-20(27)18-30-22(21)12-13-26-23/h12-13,19-20H,6-11,14-18H2,1-5H3. The van der Waals surface area contributed by atoms with Crippen molar-refractivity contribution in [1.29, 1.82) is 0 Å². The van der Waals surface area contributed by atoms with Crippen molar-refractivity contribution in [3.63, 3.8) is 0 Å². The van der Waals surface area contributed by atoms with Gasteiger partial charge in [0.15, 0.2) is 0 Å².